The van der Waals surface area contributed by atoms with Crippen LogP contribution < -0.4 is 0 Å². The van der Waals surface area contributed by atoms with Gasteiger partial charge in [0.2, 0.25) is 0 Å². The number of nitrogens with zero attached hydrogens (tertiary/aromatic N) is 1. The molecule has 130 valence electrons. The molecule has 0 radical (unpaired) electrons. The summed E-state index contributed by atoms with van der Waals surface area (Å²) in [6, 6.07) is 38.1. The van der Waals surface area contributed by atoms with Crippen LogP contribution in [0.3, 0.4) is 0 Å². The van der Waals surface area contributed by atoms with Crippen molar-refractivity contribution in [1.29, 1.82) is 5.26 Å². The Morgan fingerprint density at radius 1 is 0.429 bits per heavy atom. The van der Waals surface area contributed by atoms with E-state index in [9.17, 15) is 5.26 Å². The van der Waals surface area contributed by atoms with Gasteiger partial charge in [-0.2, -0.15) is 5.26 Å². The topological polar surface area (TPSA) is 23.8 Å². The first kappa shape index (κ1) is 16.3. The number of rotatable bonds is 2. The first-order chi connectivity index (χ1) is 13.8. The summed E-state index contributed by atoms with van der Waals surface area (Å²) < 4.78 is 0. The van der Waals surface area contributed by atoms with Crippen molar-refractivity contribution in [2.24, 2.45) is 0 Å². The molecule has 0 aliphatic rings. The van der Waals surface area contributed by atoms with E-state index in [1.54, 1.807) is 0 Å². The second-order valence-electron chi connectivity index (χ2n) is 7.03. The Bertz CT molecular complexity index is 1370. The standard InChI is InChI=1S/C27H17N/c28-18-19-8-9-21-11-13-26(17-27(21)14-19)24-7-3-6-23(16-24)25-12-10-20-4-1-2-5-22(20)15-25/h1-17H. The second kappa shape index (κ2) is 6.68. The predicted molar refractivity (Wildman–Crippen MR) is 117 cm³/mol. The molecule has 0 spiro atoms. The van der Waals surface area contributed by atoms with Crippen LogP contribution in [-0.4, -0.2) is 0 Å². The summed E-state index contributed by atoms with van der Waals surface area (Å²) in [5.74, 6) is 0. The number of nitriles is 1. The number of hydrogen-bond acceptors (Lipinski definition) is 1. The third kappa shape index (κ3) is 2.92. The zero-order valence-corrected chi connectivity index (χ0v) is 15.3. The van der Waals surface area contributed by atoms with Gasteiger partial charge in [0, 0.05) is 0 Å². The summed E-state index contributed by atoms with van der Waals surface area (Å²) in [5, 5.41) is 13.9. The second-order valence-corrected chi connectivity index (χ2v) is 7.03. The molecule has 0 saturated carbocycles. The molecule has 0 atom stereocenters. The van der Waals surface area contributed by atoms with Crippen LogP contribution in [0, 0.1) is 11.3 Å². The lowest BCUT2D eigenvalue weighted by atomic mass is 9.96. The summed E-state index contributed by atoms with van der Waals surface area (Å²) in [6.07, 6.45) is 0. The normalized spacial score (nSPS) is 10.8. The minimum absolute atomic E-state index is 0.689. The van der Waals surface area contributed by atoms with Gasteiger partial charge in [0.1, 0.15) is 0 Å². The summed E-state index contributed by atoms with van der Waals surface area (Å²) in [4.78, 5) is 0. The smallest absolute Gasteiger partial charge is 0.0991 e. The van der Waals surface area contributed by atoms with Gasteiger partial charge < -0.3 is 0 Å². The molecule has 5 aromatic rings. The summed E-state index contributed by atoms with van der Waals surface area (Å²) >= 11 is 0. The molecule has 1 heteroatoms. The first-order valence-corrected chi connectivity index (χ1v) is 9.34. The zero-order chi connectivity index (χ0) is 18.9. The predicted octanol–water partition coefficient (Wildman–Crippen LogP) is 7.20. The van der Waals surface area contributed by atoms with Crippen LogP contribution in [0.1, 0.15) is 5.56 Å². The first-order valence-electron chi connectivity index (χ1n) is 9.34. The molecular formula is C27H17N. The Balaban J connectivity index is 1.60. The van der Waals surface area contributed by atoms with E-state index >= 15 is 0 Å². The SMILES string of the molecule is N#Cc1ccc2ccc(-c3cccc(-c4ccc5ccccc5c4)c3)cc2c1. The Kier molecular flexibility index (Phi) is 3.89. The summed E-state index contributed by atoms with van der Waals surface area (Å²) in [6.45, 7) is 0. The van der Waals surface area contributed by atoms with Crippen molar-refractivity contribution in [2.45, 2.75) is 0 Å². The molecule has 5 rings (SSSR count). The van der Waals surface area contributed by atoms with Crippen LogP contribution in [0.4, 0.5) is 0 Å². The van der Waals surface area contributed by atoms with Crippen molar-refractivity contribution in [3.8, 4) is 28.3 Å². The quantitative estimate of drug-likeness (QED) is 0.328. The van der Waals surface area contributed by atoms with E-state index in [0.717, 1.165) is 16.3 Å². The van der Waals surface area contributed by atoms with E-state index in [4.69, 9.17) is 0 Å². The monoisotopic (exact) mass is 355 g/mol. The molecule has 0 heterocycles. The molecule has 0 aliphatic heterocycles. The lowest BCUT2D eigenvalue weighted by molar-refractivity contribution is 1.50. The highest BCUT2D eigenvalue weighted by atomic mass is 14.2. The molecule has 0 aliphatic carbocycles. The van der Waals surface area contributed by atoms with Crippen molar-refractivity contribution >= 4 is 21.5 Å². The van der Waals surface area contributed by atoms with E-state index in [0.29, 0.717) is 5.56 Å². The van der Waals surface area contributed by atoms with Gasteiger partial charge in [-0.1, -0.05) is 72.8 Å². The highest BCUT2D eigenvalue weighted by Gasteiger charge is 2.05. The van der Waals surface area contributed by atoms with Crippen molar-refractivity contribution in [3.63, 3.8) is 0 Å². The molecule has 1 nitrogen and oxygen atoms in total. The third-order valence-electron chi connectivity index (χ3n) is 5.25. The van der Waals surface area contributed by atoms with Crippen LogP contribution in [0.2, 0.25) is 0 Å². The molecular weight excluding hydrogens is 338 g/mol. The number of fused-ring (bicyclic) bond motifs is 2. The summed E-state index contributed by atoms with van der Waals surface area (Å²) in [7, 11) is 0. The van der Waals surface area contributed by atoms with Crippen LogP contribution in [0.5, 0.6) is 0 Å². The van der Waals surface area contributed by atoms with E-state index < -0.39 is 0 Å². The van der Waals surface area contributed by atoms with Crippen molar-refractivity contribution in [2.75, 3.05) is 0 Å². The van der Waals surface area contributed by atoms with Gasteiger partial charge in [-0.15, -0.1) is 0 Å². The molecule has 0 bridgehead atoms. The average molecular weight is 355 g/mol. The minimum atomic E-state index is 0.689. The zero-order valence-electron chi connectivity index (χ0n) is 15.3. The van der Waals surface area contributed by atoms with E-state index in [1.807, 2.05) is 18.2 Å². The largest absolute Gasteiger partial charge is 0.192 e. The Morgan fingerprint density at radius 3 is 1.71 bits per heavy atom. The molecule has 0 fully saturated rings. The molecule has 0 saturated heterocycles. The van der Waals surface area contributed by atoms with Gasteiger partial charge in [-0.05, 0) is 74.1 Å². The van der Waals surface area contributed by atoms with E-state index in [-0.39, 0.29) is 0 Å². The fourth-order valence-corrected chi connectivity index (χ4v) is 3.74. The fraction of sp³-hybridized carbons (Fsp3) is 0. The summed E-state index contributed by atoms with van der Waals surface area (Å²) in [5.41, 5.74) is 5.44. The minimum Gasteiger partial charge on any atom is -0.192 e. The molecule has 28 heavy (non-hydrogen) atoms. The molecule has 0 unspecified atom stereocenters. The average Bonchev–Trinajstić information content (AvgIpc) is 2.78. The van der Waals surface area contributed by atoms with Gasteiger partial charge in [-0.3, -0.25) is 0 Å². The van der Waals surface area contributed by atoms with Crippen molar-refractivity contribution in [3.05, 3.63) is 109 Å². The van der Waals surface area contributed by atoms with Gasteiger partial charge in [0.05, 0.1) is 11.6 Å². The molecule has 0 aromatic heterocycles. The Morgan fingerprint density at radius 2 is 1.00 bits per heavy atom. The van der Waals surface area contributed by atoms with Crippen LogP contribution in [0.15, 0.2) is 103 Å². The molecule has 5 aromatic carbocycles. The maximum Gasteiger partial charge on any atom is 0.0991 e. The third-order valence-corrected chi connectivity index (χ3v) is 5.25. The van der Waals surface area contributed by atoms with Gasteiger partial charge in [0.25, 0.3) is 0 Å². The molecule has 0 amide bonds. The van der Waals surface area contributed by atoms with Crippen LogP contribution >= 0.6 is 0 Å². The maximum atomic E-state index is 9.17. The maximum absolute atomic E-state index is 9.17. The highest BCUT2D eigenvalue weighted by molar-refractivity contribution is 5.90. The lowest BCUT2D eigenvalue weighted by Gasteiger charge is -2.09. The Hall–Kier alpha value is -3.89. The van der Waals surface area contributed by atoms with Gasteiger partial charge in [-0.25, -0.2) is 0 Å². The van der Waals surface area contributed by atoms with Crippen molar-refractivity contribution in [1.82, 2.24) is 0 Å². The number of hydrogen-bond donors (Lipinski definition) is 0. The van der Waals surface area contributed by atoms with E-state index in [1.165, 1.54) is 27.5 Å². The van der Waals surface area contributed by atoms with E-state index in [2.05, 4.69) is 91.0 Å². The Labute approximate surface area is 164 Å². The van der Waals surface area contributed by atoms with Crippen LogP contribution in [-0.2, 0) is 0 Å². The van der Waals surface area contributed by atoms with Crippen molar-refractivity contribution < 1.29 is 0 Å². The highest BCUT2D eigenvalue weighted by Crippen LogP contribution is 2.30. The van der Waals surface area contributed by atoms with Gasteiger partial charge >= 0.3 is 0 Å². The number of benzene rings is 5. The van der Waals surface area contributed by atoms with Crippen LogP contribution in [0.25, 0.3) is 43.8 Å². The fourth-order valence-electron chi connectivity index (χ4n) is 3.74. The molecule has 0 N–H and O–H groups in total. The van der Waals surface area contributed by atoms with Gasteiger partial charge in [0.15, 0.2) is 0 Å². The lowest BCUT2D eigenvalue weighted by Crippen LogP contribution is -1.83.